The van der Waals surface area contributed by atoms with Crippen molar-refractivity contribution in [3.8, 4) is 5.75 Å². The van der Waals surface area contributed by atoms with Crippen LogP contribution in [0.25, 0.3) is 0 Å². The molecular formula is C13H18BrNO. The second-order valence-electron chi connectivity index (χ2n) is 3.82. The summed E-state index contributed by atoms with van der Waals surface area (Å²) in [6.07, 6.45) is 0.949. The van der Waals surface area contributed by atoms with E-state index in [9.17, 15) is 0 Å². The summed E-state index contributed by atoms with van der Waals surface area (Å²) in [5, 5.41) is 3.38. The third-order valence-electron chi connectivity index (χ3n) is 2.36. The van der Waals surface area contributed by atoms with Crippen LogP contribution < -0.4 is 10.1 Å². The van der Waals surface area contributed by atoms with E-state index in [1.54, 1.807) is 7.11 Å². The van der Waals surface area contributed by atoms with E-state index in [0.717, 1.165) is 23.2 Å². The van der Waals surface area contributed by atoms with Gasteiger partial charge in [0.25, 0.3) is 0 Å². The Morgan fingerprint density at radius 2 is 2.19 bits per heavy atom. The molecule has 3 heteroatoms. The summed E-state index contributed by atoms with van der Waals surface area (Å²) in [6.45, 7) is 6.74. The van der Waals surface area contributed by atoms with Crippen molar-refractivity contribution in [3.63, 3.8) is 0 Å². The predicted octanol–water partition coefficient (Wildman–Crippen LogP) is 3.12. The highest BCUT2D eigenvalue weighted by molar-refractivity contribution is 9.11. The Kier molecular flexibility index (Phi) is 5.56. The van der Waals surface area contributed by atoms with Gasteiger partial charge in [-0.2, -0.15) is 0 Å². The van der Waals surface area contributed by atoms with Crippen molar-refractivity contribution in [2.24, 2.45) is 0 Å². The van der Waals surface area contributed by atoms with Gasteiger partial charge in [0, 0.05) is 17.1 Å². The second kappa shape index (κ2) is 6.71. The zero-order valence-electron chi connectivity index (χ0n) is 9.79. The summed E-state index contributed by atoms with van der Waals surface area (Å²) in [6, 6.07) is 8.51. The van der Waals surface area contributed by atoms with Gasteiger partial charge in [0.2, 0.25) is 0 Å². The molecule has 0 spiro atoms. The molecular weight excluding hydrogens is 266 g/mol. The third-order valence-corrected chi connectivity index (χ3v) is 2.64. The first-order valence-electron chi connectivity index (χ1n) is 5.32. The number of methoxy groups -OCH3 is 1. The van der Waals surface area contributed by atoms with E-state index in [-0.39, 0.29) is 0 Å². The molecule has 0 saturated heterocycles. The molecule has 0 aromatic heterocycles. The van der Waals surface area contributed by atoms with Crippen LogP contribution in [0, 0.1) is 0 Å². The molecule has 1 atom stereocenters. The molecule has 1 aromatic carbocycles. The van der Waals surface area contributed by atoms with Crippen molar-refractivity contribution in [3.05, 3.63) is 40.9 Å². The largest absolute Gasteiger partial charge is 0.496 e. The summed E-state index contributed by atoms with van der Waals surface area (Å²) in [5.74, 6) is 0.953. The van der Waals surface area contributed by atoms with Crippen LogP contribution in [0.15, 0.2) is 35.3 Å². The van der Waals surface area contributed by atoms with Crippen LogP contribution in [0.1, 0.15) is 12.5 Å². The van der Waals surface area contributed by atoms with Gasteiger partial charge >= 0.3 is 0 Å². The molecule has 2 nitrogen and oxygen atoms in total. The first-order chi connectivity index (χ1) is 7.63. The molecule has 0 radical (unpaired) electrons. The summed E-state index contributed by atoms with van der Waals surface area (Å²) in [4.78, 5) is 0. The Labute approximate surface area is 106 Å². The maximum absolute atomic E-state index is 5.32. The minimum absolute atomic E-state index is 0.394. The third kappa shape index (κ3) is 4.37. The van der Waals surface area contributed by atoms with Crippen LogP contribution in [0.3, 0.4) is 0 Å². The fourth-order valence-electron chi connectivity index (χ4n) is 1.56. The standard InChI is InChI=1S/C13H18BrNO/c1-10(14)9-15-11(2)8-12-6-4-5-7-13(12)16-3/h4-7,11,15H,1,8-9H2,2-3H3. The van der Waals surface area contributed by atoms with Gasteiger partial charge in [0.05, 0.1) is 7.11 Å². The first kappa shape index (κ1) is 13.3. The van der Waals surface area contributed by atoms with Crippen molar-refractivity contribution in [1.29, 1.82) is 0 Å². The Bertz CT molecular complexity index is 352. The molecule has 0 heterocycles. The lowest BCUT2D eigenvalue weighted by atomic mass is 10.1. The molecule has 0 saturated carbocycles. The lowest BCUT2D eigenvalue weighted by molar-refractivity contribution is 0.406. The number of hydrogen-bond donors (Lipinski definition) is 1. The minimum atomic E-state index is 0.394. The van der Waals surface area contributed by atoms with E-state index in [4.69, 9.17) is 4.74 Å². The van der Waals surface area contributed by atoms with Crippen molar-refractivity contribution >= 4 is 15.9 Å². The second-order valence-corrected chi connectivity index (χ2v) is 4.94. The monoisotopic (exact) mass is 283 g/mol. The average Bonchev–Trinajstić information content (AvgIpc) is 2.27. The van der Waals surface area contributed by atoms with Crippen LogP contribution in [-0.2, 0) is 6.42 Å². The van der Waals surface area contributed by atoms with Gasteiger partial charge in [-0.05, 0) is 25.0 Å². The highest BCUT2D eigenvalue weighted by Crippen LogP contribution is 2.18. The van der Waals surface area contributed by atoms with Crippen LogP contribution in [0.4, 0.5) is 0 Å². The number of nitrogens with one attached hydrogen (secondary N) is 1. The lowest BCUT2D eigenvalue weighted by Crippen LogP contribution is -2.29. The zero-order chi connectivity index (χ0) is 12.0. The van der Waals surface area contributed by atoms with E-state index in [2.05, 4.69) is 40.8 Å². The predicted molar refractivity (Wildman–Crippen MR) is 72.2 cm³/mol. The highest BCUT2D eigenvalue weighted by atomic mass is 79.9. The number of ether oxygens (including phenoxy) is 1. The number of rotatable bonds is 6. The fourth-order valence-corrected chi connectivity index (χ4v) is 1.72. The molecule has 1 rings (SSSR count). The molecule has 0 fully saturated rings. The molecule has 0 amide bonds. The number of halogens is 1. The molecule has 1 aromatic rings. The quantitative estimate of drug-likeness (QED) is 0.866. The summed E-state index contributed by atoms with van der Waals surface area (Å²) in [7, 11) is 1.71. The van der Waals surface area contributed by atoms with E-state index >= 15 is 0 Å². The molecule has 88 valence electrons. The van der Waals surface area contributed by atoms with E-state index in [0.29, 0.717) is 6.04 Å². The Morgan fingerprint density at radius 1 is 1.50 bits per heavy atom. The number of para-hydroxylation sites is 1. The minimum Gasteiger partial charge on any atom is -0.496 e. The van der Waals surface area contributed by atoms with Gasteiger partial charge in [-0.15, -0.1) is 0 Å². The molecule has 1 N–H and O–H groups in total. The van der Waals surface area contributed by atoms with E-state index in [1.807, 2.05) is 18.2 Å². The van der Waals surface area contributed by atoms with Crippen molar-refractivity contribution in [2.45, 2.75) is 19.4 Å². The van der Waals surface area contributed by atoms with E-state index < -0.39 is 0 Å². The Balaban J connectivity index is 2.55. The summed E-state index contributed by atoms with van der Waals surface area (Å²) >= 11 is 3.33. The van der Waals surface area contributed by atoms with Crippen LogP contribution >= 0.6 is 15.9 Å². The normalized spacial score (nSPS) is 12.2. The van der Waals surface area contributed by atoms with Gasteiger partial charge in [0.1, 0.15) is 5.75 Å². The highest BCUT2D eigenvalue weighted by Gasteiger charge is 2.07. The van der Waals surface area contributed by atoms with Crippen molar-refractivity contribution in [1.82, 2.24) is 5.32 Å². The maximum Gasteiger partial charge on any atom is 0.122 e. The van der Waals surface area contributed by atoms with Gasteiger partial charge < -0.3 is 10.1 Å². The molecule has 0 aliphatic rings. The van der Waals surface area contributed by atoms with Gasteiger partial charge in [-0.1, -0.05) is 40.7 Å². The van der Waals surface area contributed by atoms with E-state index in [1.165, 1.54) is 5.56 Å². The average molecular weight is 284 g/mol. The van der Waals surface area contributed by atoms with Crippen LogP contribution in [0.2, 0.25) is 0 Å². The summed E-state index contributed by atoms with van der Waals surface area (Å²) < 4.78 is 6.29. The van der Waals surface area contributed by atoms with Crippen LogP contribution in [-0.4, -0.2) is 19.7 Å². The molecule has 1 unspecified atom stereocenters. The zero-order valence-corrected chi connectivity index (χ0v) is 11.4. The molecule has 16 heavy (non-hydrogen) atoms. The summed E-state index contributed by atoms with van der Waals surface area (Å²) in [5.41, 5.74) is 1.23. The maximum atomic E-state index is 5.32. The molecule has 0 aliphatic heterocycles. The number of hydrogen-bond acceptors (Lipinski definition) is 2. The lowest BCUT2D eigenvalue weighted by Gasteiger charge is -2.15. The van der Waals surface area contributed by atoms with Gasteiger partial charge in [0.15, 0.2) is 0 Å². The van der Waals surface area contributed by atoms with Gasteiger partial charge in [-0.3, -0.25) is 0 Å². The Hall–Kier alpha value is -0.800. The number of benzene rings is 1. The van der Waals surface area contributed by atoms with Crippen molar-refractivity contribution < 1.29 is 4.74 Å². The Morgan fingerprint density at radius 3 is 2.81 bits per heavy atom. The SMILES string of the molecule is C=C(Br)CNC(C)Cc1ccccc1OC. The molecule has 0 aliphatic carbocycles. The first-order valence-corrected chi connectivity index (χ1v) is 6.11. The smallest absolute Gasteiger partial charge is 0.122 e. The van der Waals surface area contributed by atoms with Crippen molar-refractivity contribution in [2.75, 3.05) is 13.7 Å². The molecule has 0 bridgehead atoms. The van der Waals surface area contributed by atoms with Gasteiger partial charge in [-0.25, -0.2) is 0 Å². The fraction of sp³-hybridized carbons (Fsp3) is 0.385. The van der Waals surface area contributed by atoms with Crippen LogP contribution in [0.5, 0.6) is 5.75 Å². The topological polar surface area (TPSA) is 21.3 Å².